The van der Waals surface area contributed by atoms with E-state index in [0.717, 1.165) is 18.5 Å². The predicted molar refractivity (Wildman–Crippen MR) is 129 cm³/mol. The Balaban J connectivity index is 1.81. The van der Waals surface area contributed by atoms with Crippen molar-refractivity contribution in [3.05, 3.63) is 41.1 Å². The van der Waals surface area contributed by atoms with Gasteiger partial charge in [-0.1, -0.05) is 134 Å². The molecule has 0 radical (unpaired) electrons. The topological polar surface area (TPSA) is 23.1 Å². The van der Waals surface area contributed by atoms with E-state index in [1.807, 2.05) is 25.2 Å². The quantitative estimate of drug-likeness (QED) is 0.121. The summed E-state index contributed by atoms with van der Waals surface area (Å²) in [7, 11) is 1.82. The van der Waals surface area contributed by atoms with Crippen LogP contribution in [0.15, 0.2) is 30.3 Å². The minimum absolute atomic E-state index is 0.136. The maximum Gasteiger partial charge on any atom is 0.104 e. The van der Waals surface area contributed by atoms with Crippen LogP contribution in [-0.4, -0.2) is 18.2 Å². The van der Waals surface area contributed by atoms with E-state index >= 15 is 0 Å². The molecule has 0 bridgehead atoms. The zero-order valence-electron chi connectivity index (χ0n) is 19.7. The summed E-state index contributed by atoms with van der Waals surface area (Å²) in [5, 5.41) is 12.6. The number of hydrogen-bond acceptors (Lipinski definition) is 1. The van der Waals surface area contributed by atoms with Gasteiger partial charge in [0, 0.05) is 5.56 Å². The summed E-state index contributed by atoms with van der Waals surface area (Å²) in [4.78, 5) is 0. The zero-order chi connectivity index (χ0) is 21.0. The molecule has 0 spiro atoms. The second-order valence-electron chi connectivity index (χ2n) is 9.32. The van der Waals surface area contributed by atoms with Crippen LogP contribution in [0, 0.1) is 5.21 Å². The highest BCUT2D eigenvalue weighted by atomic mass is 16.5. The van der Waals surface area contributed by atoms with Gasteiger partial charge in [-0.05, 0) is 12.8 Å². The Kier molecular flexibility index (Phi) is 16.2. The van der Waals surface area contributed by atoms with E-state index in [4.69, 9.17) is 0 Å². The van der Waals surface area contributed by atoms with Crippen molar-refractivity contribution in [3.8, 4) is 0 Å². The molecule has 0 amide bonds. The third-order valence-electron chi connectivity index (χ3n) is 6.09. The molecule has 0 fully saturated rings. The Hall–Kier alpha value is -0.860. The van der Waals surface area contributed by atoms with Gasteiger partial charge in [-0.2, -0.15) is 0 Å². The van der Waals surface area contributed by atoms with Gasteiger partial charge in [0.1, 0.15) is 6.54 Å². The minimum Gasteiger partial charge on any atom is -0.633 e. The van der Waals surface area contributed by atoms with Crippen LogP contribution in [0.5, 0.6) is 0 Å². The van der Waals surface area contributed by atoms with Crippen LogP contribution in [0.3, 0.4) is 0 Å². The lowest BCUT2D eigenvalue weighted by Gasteiger charge is -2.38. The average Bonchev–Trinajstić information content (AvgIpc) is 2.70. The number of hydroxylamine groups is 3. The Morgan fingerprint density at radius 2 is 0.966 bits per heavy atom. The Bertz CT molecular complexity index is 457. The first-order valence-corrected chi connectivity index (χ1v) is 12.7. The molecule has 0 aliphatic heterocycles. The number of nitrogens with zero attached hydrogens (tertiary/aromatic N) is 1. The Morgan fingerprint density at radius 1 is 0.586 bits per heavy atom. The molecular weight excluding hydrogens is 354 g/mol. The molecule has 0 aromatic heterocycles. The van der Waals surface area contributed by atoms with Gasteiger partial charge in [-0.3, -0.25) is 0 Å². The molecule has 2 heteroatoms. The fourth-order valence-electron chi connectivity index (χ4n) is 4.22. The Labute approximate surface area is 182 Å². The Morgan fingerprint density at radius 3 is 1.38 bits per heavy atom. The van der Waals surface area contributed by atoms with Crippen LogP contribution in [-0.2, 0) is 6.54 Å². The van der Waals surface area contributed by atoms with E-state index < -0.39 is 0 Å². The molecule has 1 atom stereocenters. The van der Waals surface area contributed by atoms with Crippen molar-refractivity contribution in [2.75, 3.05) is 13.6 Å². The summed E-state index contributed by atoms with van der Waals surface area (Å²) in [5.41, 5.74) is 1.15. The van der Waals surface area contributed by atoms with Crippen LogP contribution in [0.1, 0.15) is 122 Å². The minimum atomic E-state index is -0.136. The number of quaternary nitrogens is 1. The molecule has 1 rings (SSSR count). The maximum atomic E-state index is 12.6. The molecule has 1 aromatic carbocycles. The van der Waals surface area contributed by atoms with Gasteiger partial charge in [0.05, 0.1) is 13.6 Å². The van der Waals surface area contributed by atoms with Gasteiger partial charge in [-0.25, -0.2) is 0 Å². The van der Waals surface area contributed by atoms with Gasteiger partial charge in [-0.15, -0.1) is 0 Å². The molecule has 0 saturated carbocycles. The fraction of sp³-hybridized carbons (Fsp3) is 0.778. The van der Waals surface area contributed by atoms with E-state index in [0.29, 0.717) is 6.54 Å². The summed E-state index contributed by atoms with van der Waals surface area (Å²) in [6.45, 7) is 3.63. The molecule has 0 aliphatic carbocycles. The van der Waals surface area contributed by atoms with E-state index in [2.05, 4.69) is 19.1 Å². The molecule has 168 valence electrons. The van der Waals surface area contributed by atoms with Crippen molar-refractivity contribution in [1.29, 1.82) is 0 Å². The van der Waals surface area contributed by atoms with Crippen molar-refractivity contribution in [3.63, 3.8) is 0 Å². The third kappa shape index (κ3) is 16.6. The van der Waals surface area contributed by atoms with Crippen LogP contribution in [0.25, 0.3) is 0 Å². The third-order valence-corrected chi connectivity index (χ3v) is 6.09. The van der Waals surface area contributed by atoms with Crippen LogP contribution < -0.4 is 0 Å². The van der Waals surface area contributed by atoms with Crippen LogP contribution in [0.4, 0.5) is 0 Å². The highest BCUT2D eigenvalue weighted by Gasteiger charge is 2.10. The fourth-order valence-corrected chi connectivity index (χ4v) is 4.22. The standard InChI is InChI=1S/C27H49NO/c1-3-4-5-6-7-8-9-10-11-12-13-14-15-16-17-18-22-25-28(2,29)26-27-23-20-19-21-24-27/h19-21,23-24H,3-18,22,25-26H2,1-2H3. The lowest BCUT2D eigenvalue weighted by molar-refractivity contribution is -0.874. The smallest absolute Gasteiger partial charge is 0.104 e. The summed E-state index contributed by atoms with van der Waals surface area (Å²) in [6, 6.07) is 10.2. The monoisotopic (exact) mass is 403 g/mol. The highest BCUT2D eigenvalue weighted by molar-refractivity contribution is 5.13. The summed E-state index contributed by atoms with van der Waals surface area (Å²) >= 11 is 0. The molecule has 1 unspecified atom stereocenters. The molecule has 2 nitrogen and oxygen atoms in total. The normalized spacial score (nSPS) is 13.5. The van der Waals surface area contributed by atoms with Crippen LogP contribution >= 0.6 is 0 Å². The number of rotatable bonds is 20. The summed E-state index contributed by atoms with van der Waals surface area (Å²) in [6.07, 6.45) is 23.5. The molecule has 0 aliphatic rings. The highest BCUT2D eigenvalue weighted by Crippen LogP contribution is 2.15. The number of unbranched alkanes of at least 4 members (excludes halogenated alkanes) is 16. The van der Waals surface area contributed by atoms with Gasteiger partial charge < -0.3 is 9.85 Å². The van der Waals surface area contributed by atoms with E-state index in [1.165, 1.54) is 103 Å². The molecule has 0 saturated heterocycles. The van der Waals surface area contributed by atoms with Crippen LogP contribution in [0.2, 0.25) is 0 Å². The average molecular weight is 404 g/mol. The zero-order valence-corrected chi connectivity index (χ0v) is 19.7. The first kappa shape index (κ1) is 26.2. The SMILES string of the molecule is CCCCCCCCCCCCCCCCCCC[N+](C)([O-])Cc1ccccc1. The summed E-state index contributed by atoms with van der Waals surface area (Å²) in [5.74, 6) is 0. The van der Waals surface area contributed by atoms with Crippen molar-refractivity contribution >= 4 is 0 Å². The second kappa shape index (κ2) is 18.0. The molecule has 0 heterocycles. The molecule has 1 aromatic rings. The largest absolute Gasteiger partial charge is 0.633 e. The van der Waals surface area contributed by atoms with Crippen molar-refractivity contribution in [1.82, 2.24) is 0 Å². The van der Waals surface area contributed by atoms with Gasteiger partial charge in [0.25, 0.3) is 0 Å². The number of benzene rings is 1. The maximum absolute atomic E-state index is 12.6. The molecule has 0 N–H and O–H groups in total. The summed E-state index contributed by atoms with van der Waals surface area (Å²) < 4.78 is -0.136. The first-order valence-electron chi connectivity index (χ1n) is 12.7. The van der Waals surface area contributed by atoms with Crippen molar-refractivity contribution < 1.29 is 4.65 Å². The number of hydrogen-bond donors (Lipinski definition) is 0. The predicted octanol–water partition coefficient (Wildman–Crippen LogP) is 8.78. The lowest BCUT2D eigenvalue weighted by atomic mass is 10.0. The van der Waals surface area contributed by atoms with Gasteiger partial charge >= 0.3 is 0 Å². The van der Waals surface area contributed by atoms with E-state index in [1.54, 1.807) is 0 Å². The second-order valence-corrected chi connectivity index (χ2v) is 9.32. The van der Waals surface area contributed by atoms with E-state index in [9.17, 15) is 5.21 Å². The van der Waals surface area contributed by atoms with Gasteiger partial charge in [0.15, 0.2) is 0 Å². The van der Waals surface area contributed by atoms with Gasteiger partial charge in [0.2, 0.25) is 0 Å². The van der Waals surface area contributed by atoms with Crippen molar-refractivity contribution in [2.45, 2.75) is 123 Å². The first-order chi connectivity index (χ1) is 14.1. The lowest BCUT2D eigenvalue weighted by Crippen LogP contribution is -2.37. The van der Waals surface area contributed by atoms with E-state index in [-0.39, 0.29) is 4.65 Å². The van der Waals surface area contributed by atoms with Crippen molar-refractivity contribution in [2.24, 2.45) is 0 Å². The molecular formula is C27H49NO. The molecule has 29 heavy (non-hydrogen) atoms.